The van der Waals surface area contributed by atoms with E-state index in [9.17, 15) is 4.79 Å². The first-order valence-electron chi connectivity index (χ1n) is 14.9. The number of methoxy groups -OCH3 is 1. The predicted octanol–water partition coefficient (Wildman–Crippen LogP) is 5.36. The molecule has 1 aromatic heterocycles. The van der Waals surface area contributed by atoms with E-state index in [-0.39, 0.29) is 6.09 Å². The van der Waals surface area contributed by atoms with Gasteiger partial charge >= 0.3 is 6.09 Å². The molecule has 3 saturated heterocycles. The lowest BCUT2D eigenvalue weighted by Gasteiger charge is -2.36. The Morgan fingerprint density at radius 2 is 1.61 bits per heavy atom. The van der Waals surface area contributed by atoms with Gasteiger partial charge in [-0.1, -0.05) is 12.1 Å². The van der Waals surface area contributed by atoms with Crippen LogP contribution in [-0.4, -0.2) is 93.0 Å². The lowest BCUT2D eigenvalue weighted by atomic mass is 9.89. The van der Waals surface area contributed by atoms with E-state index in [1.807, 2.05) is 26.8 Å². The first kappa shape index (κ1) is 27.6. The van der Waals surface area contributed by atoms with Gasteiger partial charge in [-0.3, -0.25) is 0 Å². The molecule has 0 saturated carbocycles. The largest absolute Gasteiger partial charge is 0.497 e. The second-order valence-corrected chi connectivity index (χ2v) is 12.9. The Morgan fingerprint density at radius 1 is 0.878 bits per heavy atom. The molecule has 2 aromatic carbocycles. The van der Waals surface area contributed by atoms with Gasteiger partial charge in [-0.05, 0) is 83.0 Å². The number of hydrogen-bond donors (Lipinski definition) is 0. The van der Waals surface area contributed by atoms with Crippen molar-refractivity contribution in [3.8, 4) is 17.0 Å². The number of likely N-dealkylation sites (tertiary alicyclic amines) is 1. The van der Waals surface area contributed by atoms with Crippen molar-refractivity contribution < 1.29 is 14.3 Å². The lowest BCUT2D eigenvalue weighted by Crippen LogP contribution is -2.50. The van der Waals surface area contributed by atoms with Gasteiger partial charge in [-0.25, -0.2) is 9.78 Å². The van der Waals surface area contributed by atoms with Gasteiger partial charge < -0.3 is 29.1 Å². The summed E-state index contributed by atoms with van der Waals surface area (Å²) in [4.78, 5) is 26.8. The van der Waals surface area contributed by atoms with Crippen LogP contribution in [0.4, 0.5) is 16.2 Å². The highest BCUT2D eigenvalue weighted by atomic mass is 16.6. The van der Waals surface area contributed by atoms with Crippen LogP contribution in [0, 0.1) is 11.8 Å². The fraction of sp³-hybridized carbons (Fsp3) is 0.515. The first-order valence-corrected chi connectivity index (χ1v) is 14.9. The zero-order chi connectivity index (χ0) is 28.7. The summed E-state index contributed by atoms with van der Waals surface area (Å²) in [6.07, 6.45) is 1.04. The summed E-state index contributed by atoms with van der Waals surface area (Å²) in [5.41, 5.74) is 5.00. The Hall–Kier alpha value is -3.52. The number of piperazine rings is 1. The van der Waals surface area contributed by atoms with Crippen LogP contribution < -0.4 is 14.5 Å². The van der Waals surface area contributed by atoms with Crippen LogP contribution in [0.25, 0.3) is 22.2 Å². The SMILES string of the molecule is COc1ccc2c(N3CC4CCN(C)CC4C3)cc(-c3ccc(N4CCN(C(=O)OC(C)(C)C)CC4)cc3)nc2c1. The molecule has 0 aliphatic carbocycles. The van der Waals surface area contributed by atoms with E-state index in [1.54, 1.807) is 12.0 Å². The maximum Gasteiger partial charge on any atom is 0.410 e. The van der Waals surface area contributed by atoms with E-state index in [0.717, 1.165) is 60.3 Å². The van der Waals surface area contributed by atoms with Gasteiger partial charge in [0.15, 0.2) is 0 Å². The minimum atomic E-state index is -0.477. The Bertz CT molecular complexity index is 1390. The molecule has 1 amide bonds. The Morgan fingerprint density at radius 3 is 2.32 bits per heavy atom. The smallest absolute Gasteiger partial charge is 0.410 e. The van der Waals surface area contributed by atoms with Crippen molar-refractivity contribution in [1.82, 2.24) is 14.8 Å². The Kier molecular flexibility index (Phi) is 7.45. The van der Waals surface area contributed by atoms with Crippen molar-refractivity contribution in [2.24, 2.45) is 11.8 Å². The number of pyridine rings is 1. The monoisotopic (exact) mass is 557 g/mol. The van der Waals surface area contributed by atoms with Crippen molar-refractivity contribution in [1.29, 1.82) is 0 Å². The average Bonchev–Trinajstić information content (AvgIpc) is 3.38. The Labute approximate surface area is 243 Å². The zero-order valence-electron chi connectivity index (χ0n) is 25.1. The fourth-order valence-corrected chi connectivity index (χ4v) is 6.59. The average molecular weight is 558 g/mol. The minimum absolute atomic E-state index is 0.230. The number of benzene rings is 2. The summed E-state index contributed by atoms with van der Waals surface area (Å²) in [5, 5.41) is 1.18. The molecule has 3 aromatic rings. The lowest BCUT2D eigenvalue weighted by molar-refractivity contribution is 0.0240. The van der Waals surface area contributed by atoms with Gasteiger partial charge in [-0.2, -0.15) is 0 Å². The molecule has 3 fully saturated rings. The van der Waals surface area contributed by atoms with Gasteiger partial charge in [0.05, 0.1) is 18.3 Å². The third kappa shape index (κ3) is 5.94. The van der Waals surface area contributed by atoms with Crippen molar-refractivity contribution in [2.75, 3.05) is 76.3 Å². The highest BCUT2D eigenvalue weighted by molar-refractivity contribution is 5.95. The molecular weight excluding hydrogens is 514 g/mol. The van der Waals surface area contributed by atoms with Gasteiger partial charge in [-0.15, -0.1) is 0 Å². The molecule has 0 radical (unpaired) electrons. The number of fused-ring (bicyclic) bond motifs is 2. The maximum atomic E-state index is 12.5. The molecule has 3 aliphatic rings. The molecule has 2 unspecified atom stereocenters. The summed E-state index contributed by atoms with van der Waals surface area (Å²) in [5.74, 6) is 2.30. The zero-order valence-corrected chi connectivity index (χ0v) is 25.1. The van der Waals surface area contributed by atoms with E-state index in [1.165, 1.54) is 30.6 Å². The third-order valence-electron chi connectivity index (χ3n) is 8.80. The number of anilines is 2. The highest BCUT2D eigenvalue weighted by Gasteiger charge is 2.37. The molecule has 218 valence electrons. The molecular formula is C33H43N5O3. The second-order valence-electron chi connectivity index (χ2n) is 12.9. The number of carbonyl (C=O) groups is 1. The van der Waals surface area contributed by atoms with Crippen LogP contribution in [0.5, 0.6) is 5.75 Å². The predicted molar refractivity (Wildman–Crippen MR) is 165 cm³/mol. The van der Waals surface area contributed by atoms with Crippen LogP contribution in [-0.2, 0) is 4.74 Å². The van der Waals surface area contributed by atoms with Gasteiger partial charge in [0.25, 0.3) is 0 Å². The first-order chi connectivity index (χ1) is 19.7. The minimum Gasteiger partial charge on any atom is -0.497 e. The number of piperidine rings is 1. The molecule has 41 heavy (non-hydrogen) atoms. The van der Waals surface area contributed by atoms with E-state index < -0.39 is 5.60 Å². The van der Waals surface area contributed by atoms with Crippen molar-refractivity contribution in [3.05, 3.63) is 48.5 Å². The van der Waals surface area contributed by atoms with Gasteiger partial charge in [0.1, 0.15) is 11.4 Å². The topological polar surface area (TPSA) is 61.4 Å². The summed E-state index contributed by atoms with van der Waals surface area (Å²) in [6.45, 7) is 13.2. The number of rotatable bonds is 4. The number of nitrogens with zero attached hydrogens (tertiary/aromatic N) is 5. The summed E-state index contributed by atoms with van der Waals surface area (Å²) < 4.78 is 11.1. The van der Waals surface area contributed by atoms with Crippen LogP contribution >= 0.6 is 0 Å². The number of ether oxygens (including phenoxy) is 2. The molecule has 8 nitrogen and oxygen atoms in total. The van der Waals surface area contributed by atoms with E-state index in [2.05, 4.69) is 64.2 Å². The van der Waals surface area contributed by atoms with Gasteiger partial charge in [0.2, 0.25) is 0 Å². The van der Waals surface area contributed by atoms with Crippen LogP contribution in [0.1, 0.15) is 27.2 Å². The third-order valence-corrected chi connectivity index (χ3v) is 8.80. The van der Waals surface area contributed by atoms with Crippen molar-refractivity contribution in [3.63, 3.8) is 0 Å². The Balaban J connectivity index is 1.23. The fourth-order valence-electron chi connectivity index (χ4n) is 6.59. The second kappa shape index (κ2) is 11.0. The summed E-state index contributed by atoms with van der Waals surface area (Å²) in [7, 11) is 3.95. The van der Waals surface area contributed by atoms with E-state index in [0.29, 0.717) is 19.0 Å². The van der Waals surface area contributed by atoms with Crippen LogP contribution in [0.2, 0.25) is 0 Å². The quantitative estimate of drug-likeness (QED) is 0.428. The molecule has 0 bridgehead atoms. The van der Waals surface area contributed by atoms with Crippen molar-refractivity contribution in [2.45, 2.75) is 32.8 Å². The number of amides is 1. The normalized spacial score (nSPS) is 21.7. The molecule has 8 heteroatoms. The number of hydrogen-bond acceptors (Lipinski definition) is 7. The molecule has 3 aliphatic heterocycles. The van der Waals surface area contributed by atoms with E-state index >= 15 is 0 Å². The molecule has 6 rings (SSSR count). The maximum absolute atomic E-state index is 12.5. The van der Waals surface area contributed by atoms with Crippen molar-refractivity contribution >= 4 is 28.4 Å². The van der Waals surface area contributed by atoms with Crippen LogP contribution in [0.15, 0.2) is 48.5 Å². The summed E-state index contributed by atoms with van der Waals surface area (Å²) in [6, 6.07) is 17.2. The molecule has 0 spiro atoms. The summed E-state index contributed by atoms with van der Waals surface area (Å²) >= 11 is 0. The van der Waals surface area contributed by atoms with E-state index in [4.69, 9.17) is 14.5 Å². The van der Waals surface area contributed by atoms with Crippen LogP contribution in [0.3, 0.4) is 0 Å². The highest BCUT2D eigenvalue weighted by Crippen LogP contribution is 2.39. The standard InChI is InChI=1S/C33H43N5O3/c1-33(2,3)41-32(39)37-16-14-36(15-17-37)26-8-6-23(7-9-26)29-19-31(28-11-10-27(40-5)18-30(28)34-29)38-21-24-12-13-35(4)20-25(24)22-38/h6-11,18-19,24-25H,12-17,20-22H2,1-5H3. The number of carbonyl (C=O) groups excluding carboxylic acids is 1. The molecule has 4 heterocycles. The van der Waals surface area contributed by atoms with Gasteiger partial charge in [0, 0.05) is 74.2 Å². The molecule has 0 N–H and O–H groups in total. The molecule has 2 atom stereocenters. The number of aromatic nitrogens is 1.